The van der Waals surface area contributed by atoms with Crippen LogP contribution in [0.5, 0.6) is 0 Å². The van der Waals surface area contributed by atoms with Crippen molar-refractivity contribution in [2.45, 2.75) is 31.5 Å². The van der Waals surface area contributed by atoms with Gasteiger partial charge in [-0.25, -0.2) is 4.79 Å². The minimum Gasteiger partial charge on any atom is -0.479 e. The molecule has 1 atom stereocenters. The van der Waals surface area contributed by atoms with E-state index in [2.05, 4.69) is 0 Å². The lowest BCUT2D eigenvalue weighted by Crippen LogP contribution is -2.57. The van der Waals surface area contributed by atoms with E-state index in [4.69, 9.17) is 5.11 Å². The van der Waals surface area contributed by atoms with Crippen LogP contribution in [0.25, 0.3) is 0 Å². The molecule has 0 amide bonds. The van der Waals surface area contributed by atoms with Crippen molar-refractivity contribution in [1.82, 2.24) is 0 Å². The molecular weight excluding hydrogens is 208 g/mol. The van der Waals surface area contributed by atoms with Crippen molar-refractivity contribution in [3.8, 4) is 0 Å². The second-order valence-electron chi connectivity index (χ2n) is 4.39. The van der Waals surface area contributed by atoms with Crippen molar-refractivity contribution in [2.24, 2.45) is 0 Å². The number of carbonyl (C=O) groups is 1. The molecule has 3 N–H and O–H groups in total. The van der Waals surface area contributed by atoms with Crippen LogP contribution < -0.4 is 0 Å². The molecule has 0 heterocycles. The third-order valence-electron chi connectivity index (χ3n) is 2.67. The van der Waals surface area contributed by atoms with E-state index in [9.17, 15) is 15.0 Å². The van der Waals surface area contributed by atoms with E-state index in [0.717, 1.165) is 0 Å². The van der Waals surface area contributed by atoms with Crippen LogP contribution in [0.2, 0.25) is 0 Å². The minimum atomic E-state index is -2.19. The van der Waals surface area contributed by atoms with Gasteiger partial charge in [-0.15, -0.1) is 0 Å². The van der Waals surface area contributed by atoms with Crippen molar-refractivity contribution < 1.29 is 20.1 Å². The Morgan fingerprint density at radius 3 is 2.06 bits per heavy atom. The molecule has 1 aromatic carbocycles. The smallest absolute Gasteiger partial charge is 0.339 e. The first-order valence-corrected chi connectivity index (χ1v) is 4.99. The van der Waals surface area contributed by atoms with E-state index in [1.807, 2.05) is 0 Å². The predicted octanol–water partition coefficient (Wildman–Crippen LogP) is 0.816. The van der Waals surface area contributed by atoms with E-state index in [0.29, 0.717) is 5.56 Å². The van der Waals surface area contributed by atoms with Crippen LogP contribution in [0.4, 0.5) is 0 Å². The van der Waals surface area contributed by atoms with Gasteiger partial charge in [0.15, 0.2) is 5.60 Å². The Labute approximate surface area is 94.2 Å². The lowest BCUT2D eigenvalue weighted by molar-refractivity contribution is -0.185. The molecule has 0 saturated carbocycles. The van der Waals surface area contributed by atoms with Crippen LogP contribution >= 0.6 is 0 Å². The molecule has 0 spiro atoms. The monoisotopic (exact) mass is 224 g/mol. The number of hydrogen-bond donors (Lipinski definition) is 3. The zero-order chi connectivity index (χ0) is 12.4. The summed E-state index contributed by atoms with van der Waals surface area (Å²) in [6.07, 6.45) is -0.132. The molecule has 4 nitrogen and oxygen atoms in total. The molecule has 4 heteroatoms. The molecule has 0 unspecified atom stereocenters. The standard InChI is InChI=1S/C12H16O4/c1-11(2,15)12(16,10(13)14)8-9-6-4-3-5-7-9/h3-7,15-16H,8H2,1-2H3,(H,13,14)/t12-/m0/s1. The van der Waals surface area contributed by atoms with Crippen LogP contribution in [0.15, 0.2) is 30.3 Å². The van der Waals surface area contributed by atoms with Gasteiger partial charge < -0.3 is 15.3 Å². The first-order chi connectivity index (χ1) is 7.27. The number of carboxylic acid groups (broad SMARTS) is 1. The maximum absolute atomic E-state index is 11.1. The van der Waals surface area contributed by atoms with Gasteiger partial charge in [-0.1, -0.05) is 30.3 Å². The number of carboxylic acids is 1. The van der Waals surface area contributed by atoms with Crippen LogP contribution in [0, 0.1) is 0 Å². The molecule has 0 aromatic heterocycles. The SMILES string of the molecule is CC(C)(O)[C@](O)(Cc1ccccc1)C(=O)O. The summed E-state index contributed by atoms with van der Waals surface area (Å²) in [5.41, 5.74) is -3.24. The predicted molar refractivity (Wildman–Crippen MR) is 59.0 cm³/mol. The maximum atomic E-state index is 11.1. The third kappa shape index (κ3) is 2.40. The molecule has 0 aliphatic rings. The van der Waals surface area contributed by atoms with E-state index >= 15 is 0 Å². The summed E-state index contributed by atoms with van der Waals surface area (Å²) < 4.78 is 0. The average Bonchev–Trinajstić information content (AvgIpc) is 2.17. The molecule has 0 aliphatic heterocycles. The average molecular weight is 224 g/mol. The van der Waals surface area contributed by atoms with Crippen molar-refractivity contribution in [3.05, 3.63) is 35.9 Å². The summed E-state index contributed by atoms with van der Waals surface area (Å²) in [6.45, 7) is 2.56. The highest BCUT2D eigenvalue weighted by molar-refractivity contribution is 5.79. The lowest BCUT2D eigenvalue weighted by atomic mass is 9.81. The normalized spacial score (nSPS) is 15.5. The first-order valence-electron chi connectivity index (χ1n) is 4.99. The highest BCUT2D eigenvalue weighted by Crippen LogP contribution is 2.26. The van der Waals surface area contributed by atoms with E-state index in [-0.39, 0.29) is 6.42 Å². The summed E-state index contributed by atoms with van der Waals surface area (Å²) in [5, 5.41) is 28.8. The molecule has 16 heavy (non-hydrogen) atoms. The third-order valence-corrected chi connectivity index (χ3v) is 2.67. The number of hydrogen-bond acceptors (Lipinski definition) is 3. The molecule has 88 valence electrons. The summed E-state index contributed by atoms with van der Waals surface area (Å²) in [7, 11) is 0. The second kappa shape index (κ2) is 4.23. The zero-order valence-corrected chi connectivity index (χ0v) is 9.34. The van der Waals surface area contributed by atoms with Crippen molar-refractivity contribution in [3.63, 3.8) is 0 Å². The van der Waals surface area contributed by atoms with Gasteiger partial charge in [0.1, 0.15) is 0 Å². The number of aliphatic hydroxyl groups is 2. The molecular formula is C12H16O4. The Morgan fingerprint density at radius 1 is 1.19 bits per heavy atom. The zero-order valence-electron chi connectivity index (χ0n) is 9.34. The fraction of sp³-hybridized carbons (Fsp3) is 0.417. The van der Waals surface area contributed by atoms with Gasteiger partial charge in [-0.3, -0.25) is 0 Å². The Hall–Kier alpha value is -1.39. The van der Waals surface area contributed by atoms with Gasteiger partial charge in [-0.05, 0) is 19.4 Å². The van der Waals surface area contributed by atoms with E-state index < -0.39 is 17.2 Å². The summed E-state index contributed by atoms with van der Waals surface area (Å²) in [5.74, 6) is -1.43. The Balaban J connectivity index is 3.03. The maximum Gasteiger partial charge on any atom is 0.339 e. The molecule has 1 rings (SSSR count). The molecule has 0 aliphatic carbocycles. The largest absolute Gasteiger partial charge is 0.479 e. The van der Waals surface area contributed by atoms with Crippen LogP contribution in [-0.4, -0.2) is 32.5 Å². The van der Waals surface area contributed by atoms with Crippen molar-refractivity contribution in [1.29, 1.82) is 0 Å². The van der Waals surface area contributed by atoms with E-state index in [1.165, 1.54) is 13.8 Å². The van der Waals surface area contributed by atoms with Crippen LogP contribution in [0.3, 0.4) is 0 Å². The summed E-state index contributed by atoms with van der Waals surface area (Å²) in [6, 6.07) is 8.72. The molecule has 0 fully saturated rings. The first kappa shape index (κ1) is 12.7. The second-order valence-corrected chi connectivity index (χ2v) is 4.39. The van der Waals surface area contributed by atoms with Crippen molar-refractivity contribution in [2.75, 3.05) is 0 Å². The summed E-state index contributed by atoms with van der Waals surface area (Å²) >= 11 is 0. The minimum absolute atomic E-state index is 0.132. The fourth-order valence-corrected chi connectivity index (χ4v) is 1.44. The Kier molecular flexibility index (Phi) is 3.35. The van der Waals surface area contributed by atoms with Gasteiger partial charge in [-0.2, -0.15) is 0 Å². The van der Waals surface area contributed by atoms with Gasteiger partial charge in [0.2, 0.25) is 0 Å². The van der Waals surface area contributed by atoms with Gasteiger partial charge >= 0.3 is 5.97 Å². The highest BCUT2D eigenvalue weighted by Gasteiger charge is 2.49. The molecule has 0 saturated heterocycles. The van der Waals surface area contributed by atoms with E-state index in [1.54, 1.807) is 30.3 Å². The molecule has 1 aromatic rings. The van der Waals surface area contributed by atoms with Crippen molar-refractivity contribution >= 4 is 5.97 Å². The lowest BCUT2D eigenvalue weighted by Gasteiger charge is -2.35. The van der Waals surface area contributed by atoms with Gasteiger partial charge in [0.25, 0.3) is 0 Å². The van der Waals surface area contributed by atoms with Gasteiger partial charge in [0, 0.05) is 6.42 Å². The Morgan fingerprint density at radius 2 is 1.69 bits per heavy atom. The number of rotatable bonds is 4. The fourth-order valence-electron chi connectivity index (χ4n) is 1.44. The number of aliphatic carboxylic acids is 1. The number of benzene rings is 1. The summed E-state index contributed by atoms with van der Waals surface area (Å²) in [4.78, 5) is 11.1. The van der Waals surface area contributed by atoms with Crippen LogP contribution in [-0.2, 0) is 11.2 Å². The quantitative estimate of drug-likeness (QED) is 0.707. The topological polar surface area (TPSA) is 77.8 Å². The Bertz CT molecular complexity index is 366. The molecule has 0 bridgehead atoms. The molecule has 0 radical (unpaired) electrons. The highest BCUT2D eigenvalue weighted by atomic mass is 16.4. The van der Waals surface area contributed by atoms with Crippen LogP contribution in [0.1, 0.15) is 19.4 Å². The van der Waals surface area contributed by atoms with Gasteiger partial charge in [0.05, 0.1) is 5.60 Å².